The number of aliphatic carboxylic acids is 1. The molecule has 1 aliphatic heterocycles. The van der Waals surface area contributed by atoms with Gasteiger partial charge >= 0.3 is 12.1 Å². The Morgan fingerprint density at radius 3 is 2.65 bits per heavy atom. The zero-order valence-electron chi connectivity index (χ0n) is 22.5. The first-order valence-corrected chi connectivity index (χ1v) is 13.4. The van der Waals surface area contributed by atoms with Gasteiger partial charge in [0.1, 0.15) is 18.5 Å². The van der Waals surface area contributed by atoms with Crippen molar-refractivity contribution >= 4 is 17.7 Å². The number of amides is 1. The molecule has 1 aliphatic rings. The van der Waals surface area contributed by atoms with Crippen molar-refractivity contribution in [2.75, 3.05) is 45.3 Å². The van der Waals surface area contributed by atoms with Crippen molar-refractivity contribution in [3.8, 4) is 0 Å². The van der Waals surface area contributed by atoms with Crippen LogP contribution in [0.15, 0.2) is 36.4 Å². The van der Waals surface area contributed by atoms with Crippen LogP contribution >= 0.6 is 0 Å². The minimum absolute atomic E-state index is 0.0873. The summed E-state index contributed by atoms with van der Waals surface area (Å²) < 4.78 is 58.5. The second-order valence-corrected chi connectivity index (χ2v) is 9.81. The average molecular weight is 569 g/mol. The number of hydrogen-bond acceptors (Lipinski definition) is 6. The van der Waals surface area contributed by atoms with Gasteiger partial charge in [-0.3, -0.25) is 4.79 Å². The predicted octanol–water partition coefficient (Wildman–Crippen LogP) is 4.34. The van der Waals surface area contributed by atoms with Gasteiger partial charge in [0.2, 0.25) is 0 Å². The Morgan fingerprint density at radius 2 is 1.95 bits per heavy atom. The zero-order valence-corrected chi connectivity index (χ0v) is 22.5. The Labute approximate surface area is 231 Å². The number of hydrogen-bond donors (Lipinski definition) is 3. The second-order valence-electron chi connectivity index (χ2n) is 9.81. The topological polar surface area (TPSA) is 104 Å². The van der Waals surface area contributed by atoms with Crippen molar-refractivity contribution in [2.24, 2.45) is 0 Å². The fraction of sp³-hybridized carbons (Fsp3) is 0.536. The number of rotatable bonds is 15. The third kappa shape index (κ3) is 9.16. The molecule has 2 atom stereocenters. The summed E-state index contributed by atoms with van der Waals surface area (Å²) >= 11 is 0. The number of anilines is 1. The van der Waals surface area contributed by atoms with Crippen LogP contribution in [0.4, 0.5) is 23.4 Å². The number of aryl methyl sites for hydroxylation is 2. The Balaban J connectivity index is 1.58. The maximum atomic E-state index is 13.4. The molecule has 1 amide bonds. The lowest BCUT2D eigenvalue weighted by atomic mass is 10.1. The lowest BCUT2D eigenvalue weighted by Gasteiger charge is -2.27. The fourth-order valence-corrected chi connectivity index (χ4v) is 4.65. The number of pyridine rings is 1. The number of methoxy groups -OCH3 is 1. The highest BCUT2D eigenvalue weighted by Crippen LogP contribution is 2.31. The number of fused-ring (bicyclic) bond motifs is 1. The van der Waals surface area contributed by atoms with Gasteiger partial charge in [0.15, 0.2) is 0 Å². The number of halogens is 4. The molecule has 0 fully saturated rings. The number of unbranched alkanes of at least 4 members (excludes halogenated alkanes) is 1. The molecule has 1 aromatic heterocycles. The maximum Gasteiger partial charge on any atom is 0.417 e. The smallest absolute Gasteiger partial charge is 0.417 e. The Kier molecular flexibility index (Phi) is 11.7. The molecule has 3 rings (SSSR count). The number of nitrogens with zero attached hydrogens (tertiary/aromatic N) is 2. The molecule has 8 nitrogen and oxygen atoms in total. The minimum atomic E-state index is -4.77. The molecular formula is C28H36F4N4O4. The van der Waals surface area contributed by atoms with E-state index in [1.165, 1.54) is 18.7 Å². The molecule has 220 valence electrons. The first-order chi connectivity index (χ1) is 19.1. The van der Waals surface area contributed by atoms with E-state index < -0.39 is 48.0 Å². The number of nitrogens with one attached hydrogen (secondary N) is 2. The number of ether oxygens (including phenoxy) is 1. The maximum absolute atomic E-state index is 13.4. The van der Waals surface area contributed by atoms with E-state index in [1.54, 1.807) is 0 Å². The van der Waals surface area contributed by atoms with Crippen molar-refractivity contribution in [1.82, 2.24) is 15.2 Å². The number of alkyl halides is 4. The molecule has 1 aromatic carbocycles. The van der Waals surface area contributed by atoms with Gasteiger partial charge in [-0.1, -0.05) is 18.2 Å². The molecule has 0 radical (unpaired) electrons. The van der Waals surface area contributed by atoms with Crippen LogP contribution in [-0.4, -0.2) is 79.0 Å². The monoisotopic (exact) mass is 568 g/mol. The second kappa shape index (κ2) is 14.9. The molecular weight excluding hydrogens is 532 g/mol. The first kappa shape index (κ1) is 31.3. The van der Waals surface area contributed by atoms with Crippen LogP contribution in [0.2, 0.25) is 0 Å². The quantitative estimate of drug-likeness (QED) is 0.217. The average Bonchev–Trinajstić information content (AvgIpc) is 2.94. The summed E-state index contributed by atoms with van der Waals surface area (Å²) in [5.74, 6) is -1.58. The third-order valence-corrected chi connectivity index (χ3v) is 6.89. The molecule has 0 aliphatic carbocycles. The van der Waals surface area contributed by atoms with Gasteiger partial charge in [0.05, 0.1) is 17.2 Å². The predicted molar refractivity (Wildman–Crippen MR) is 142 cm³/mol. The minimum Gasteiger partial charge on any atom is -0.480 e. The van der Waals surface area contributed by atoms with E-state index in [-0.39, 0.29) is 19.5 Å². The highest BCUT2D eigenvalue weighted by atomic mass is 19.4. The number of benzene rings is 1. The van der Waals surface area contributed by atoms with Crippen molar-refractivity contribution in [3.05, 3.63) is 58.8 Å². The van der Waals surface area contributed by atoms with Crippen molar-refractivity contribution in [3.63, 3.8) is 0 Å². The molecule has 2 unspecified atom stereocenters. The molecule has 12 heteroatoms. The van der Waals surface area contributed by atoms with E-state index in [9.17, 15) is 32.3 Å². The number of aromatic nitrogens is 1. The van der Waals surface area contributed by atoms with Crippen molar-refractivity contribution in [1.29, 1.82) is 0 Å². The highest BCUT2D eigenvalue weighted by Gasteiger charge is 2.35. The number of carbonyl (C=O) groups excluding carboxylic acids is 1. The number of carboxylic acid groups (broad SMARTS) is 1. The Morgan fingerprint density at radius 1 is 1.18 bits per heavy atom. The van der Waals surface area contributed by atoms with Crippen molar-refractivity contribution in [2.45, 2.75) is 56.8 Å². The summed E-state index contributed by atoms with van der Waals surface area (Å²) in [5, 5.41) is 15.2. The first-order valence-electron chi connectivity index (χ1n) is 13.4. The summed E-state index contributed by atoms with van der Waals surface area (Å²) in [4.78, 5) is 31.0. The standard InChI is InChI=1S/C28H36F4N4O4/c1-40-21(17-29)18-36(15-5-4-8-20-12-11-19-7-6-14-33-25(19)34-20)16-13-24(27(38)39)35-26(37)22-9-2-3-10-23(22)28(30,31)32/h2-3,9-12,21,24H,4-8,13-18H2,1H3,(H,33,34)(H,35,37)(H,38,39). The highest BCUT2D eigenvalue weighted by molar-refractivity contribution is 5.98. The molecule has 0 spiro atoms. The summed E-state index contributed by atoms with van der Waals surface area (Å²) in [5.41, 5.74) is 0.375. The molecule has 40 heavy (non-hydrogen) atoms. The van der Waals surface area contributed by atoms with Crippen LogP contribution in [0.5, 0.6) is 0 Å². The molecule has 0 saturated heterocycles. The summed E-state index contributed by atoms with van der Waals surface area (Å²) in [6.07, 6.45) is -1.23. The molecule has 2 heterocycles. The SMILES string of the molecule is COC(CF)CN(CCCCc1ccc2c(n1)NCCC2)CCC(NC(=O)c1ccccc1C(F)(F)F)C(=O)O. The molecule has 0 bridgehead atoms. The van der Waals surface area contributed by atoms with Crippen LogP contribution in [0.25, 0.3) is 0 Å². The molecule has 0 saturated carbocycles. The van der Waals surface area contributed by atoms with Crippen LogP contribution in [0, 0.1) is 0 Å². The van der Waals surface area contributed by atoms with Gasteiger partial charge in [-0.25, -0.2) is 14.2 Å². The Hall–Kier alpha value is -3.25. The zero-order chi connectivity index (χ0) is 29.1. The van der Waals surface area contributed by atoms with E-state index in [2.05, 4.69) is 21.7 Å². The fourth-order valence-electron chi connectivity index (χ4n) is 4.65. The van der Waals surface area contributed by atoms with Gasteiger partial charge in [-0.15, -0.1) is 0 Å². The van der Waals surface area contributed by atoms with Crippen LogP contribution < -0.4 is 10.6 Å². The van der Waals surface area contributed by atoms with Gasteiger partial charge in [0.25, 0.3) is 5.91 Å². The van der Waals surface area contributed by atoms with Crippen molar-refractivity contribution < 1.29 is 37.0 Å². The van der Waals surface area contributed by atoms with Gasteiger partial charge in [0, 0.05) is 32.4 Å². The lowest BCUT2D eigenvalue weighted by molar-refractivity contribution is -0.139. The van der Waals surface area contributed by atoms with Gasteiger partial charge < -0.3 is 25.4 Å². The lowest BCUT2D eigenvalue weighted by Crippen LogP contribution is -2.45. The Bertz CT molecular complexity index is 1130. The number of carboxylic acids is 1. The third-order valence-electron chi connectivity index (χ3n) is 6.89. The van der Waals surface area contributed by atoms with E-state index in [4.69, 9.17) is 4.74 Å². The summed E-state index contributed by atoms with van der Waals surface area (Å²) in [6, 6.07) is 6.88. The van der Waals surface area contributed by atoms with E-state index in [1.807, 2.05) is 11.0 Å². The van der Waals surface area contributed by atoms with Gasteiger partial charge in [-0.2, -0.15) is 13.2 Å². The van der Waals surface area contributed by atoms with Crippen LogP contribution in [0.1, 0.15) is 52.9 Å². The number of carbonyl (C=O) groups is 2. The summed E-state index contributed by atoms with van der Waals surface area (Å²) in [6.45, 7) is 1.05. The van der Waals surface area contributed by atoms with E-state index in [0.29, 0.717) is 6.54 Å². The molecule has 3 N–H and O–H groups in total. The van der Waals surface area contributed by atoms with Crippen LogP contribution in [0.3, 0.4) is 0 Å². The van der Waals surface area contributed by atoms with E-state index >= 15 is 0 Å². The largest absolute Gasteiger partial charge is 0.480 e. The summed E-state index contributed by atoms with van der Waals surface area (Å²) in [7, 11) is 1.39. The molecule has 2 aromatic rings. The van der Waals surface area contributed by atoms with Crippen LogP contribution in [-0.2, 0) is 28.5 Å². The van der Waals surface area contributed by atoms with Gasteiger partial charge in [-0.05, 0) is 68.8 Å². The van der Waals surface area contributed by atoms with E-state index in [0.717, 1.165) is 68.4 Å². The normalized spacial score (nSPS) is 14.8.